The molecule has 0 aliphatic heterocycles. The quantitative estimate of drug-likeness (QED) is 0.109. The van der Waals surface area contributed by atoms with Crippen molar-refractivity contribution in [2.75, 3.05) is 0 Å². The van der Waals surface area contributed by atoms with Crippen LogP contribution < -0.4 is 0 Å². The van der Waals surface area contributed by atoms with Gasteiger partial charge in [0.2, 0.25) is 11.6 Å². The van der Waals surface area contributed by atoms with Gasteiger partial charge in [-0.2, -0.15) is 0 Å². The van der Waals surface area contributed by atoms with Gasteiger partial charge in [-0.1, -0.05) is 129 Å². The van der Waals surface area contributed by atoms with Crippen molar-refractivity contribution >= 4 is 11.6 Å². The van der Waals surface area contributed by atoms with Crippen molar-refractivity contribution in [2.45, 2.75) is 155 Å². The van der Waals surface area contributed by atoms with Gasteiger partial charge in [0.25, 0.3) is 0 Å². The van der Waals surface area contributed by atoms with E-state index in [0.29, 0.717) is 22.5 Å². The number of nitrogens with zero attached hydrogens (tertiary/aromatic N) is 2. The van der Waals surface area contributed by atoms with E-state index in [9.17, 15) is 9.59 Å². The standard InChI is InChI=1S/C36H54N2O2/c1-3-5-7-9-11-13-15-17-19-21-23-29-25-27-31-33(37-29)34-32(36(40)35(31)39)28-26-30(38-34)24-22-20-18-16-14-12-10-8-6-4-2/h25-28H,3-24H2,1-2H3. The third-order valence-electron chi connectivity index (χ3n) is 8.40. The van der Waals surface area contributed by atoms with Crippen LogP contribution in [0.5, 0.6) is 0 Å². The summed E-state index contributed by atoms with van der Waals surface area (Å²) < 4.78 is 0. The molecule has 4 heteroatoms. The summed E-state index contributed by atoms with van der Waals surface area (Å²) in [5, 5.41) is 0. The lowest BCUT2D eigenvalue weighted by Crippen LogP contribution is -2.23. The smallest absolute Gasteiger partial charge is 0.235 e. The van der Waals surface area contributed by atoms with E-state index >= 15 is 0 Å². The number of pyridine rings is 2. The number of carbonyl (C=O) groups excluding carboxylic acids is 2. The molecule has 0 unspecified atom stereocenters. The zero-order valence-corrected chi connectivity index (χ0v) is 25.6. The second-order valence-electron chi connectivity index (χ2n) is 11.9. The minimum Gasteiger partial charge on any atom is -0.285 e. The van der Waals surface area contributed by atoms with E-state index in [4.69, 9.17) is 9.97 Å². The zero-order chi connectivity index (χ0) is 28.4. The van der Waals surface area contributed by atoms with Crippen molar-refractivity contribution in [3.8, 4) is 11.4 Å². The van der Waals surface area contributed by atoms with Gasteiger partial charge in [-0.25, -0.2) is 0 Å². The van der Waals surface area contributed by atoms with Gasteiger partial charge >= 0.3 is 0 Å². The van der Waals surface area contributed by atoms with Crippen LogP contribution in [0.15, 0.2) is 24.3 Å². The fourth-order valence-corrected chi connectivity index (χ4v) is 5.84. The largest absolute Gasteiger partial charge is 0.285 e. The van der Waals surface area contributed by atoms with Crippen LogP contribution in [-0.4, -0.2) is 21.5 Å². The maximum atomic E-state index is 12.8. The molecule has 1 aliphatic rings. The molecule has 0 aromatic carbocycles. The summed E-state index contributed by atoms with van der Waals surface area (Å²) in [5.74, 6) is -0.908. The van der Waals surface area contributed by atoms with E-state index in [0.717, 1.165) is 37.1 Å². The molecule has 0 amide bonds. The van der Waals surface area contributed by atoms with Gasteiger partial charge in [0.05, 0.1) is 11.1 Å². The monoisotopic (exact) mass is 546 g/mol. The van der Waals surface area contributed by atoms with Crippen LogP contribution in [0.3, 0.4) is 0 Å². The Morgan fingerprint density at radius 1 is 0.425 bits per heavy atom. The molecule has 40 heavy (non-hydrogen) atoms. The van der Waals surface area contributed by atoms with Crippen molar-refractivity contribution in [3.05, 3.63) is 46.8 Å². The van der Waals surface area contributed by atoms with Crippen LogP contribution in [0.4, 0.5) is 0 Å². The second-order valence-corrected chi connectivity index (χ2v) is 11.9. The van der Waals surface area contributed by atoms with Crippen LogP contribution in [0.2, 0.25) is 0 Å². The Balaban J connectivity index is 1.47. The van der Waals surface area contributed by atoms with Crippen LogP contribution >= 0.6 is 0 Å². The predicted molar refractivity (Wildman–Crippen MR) is 167 cm³/mol. The summed E-state index contributed by atoms with van der Waals surface area (Å²) in [4.78, 5) is 35.3. The SMILES string of the molecule is CCCCCCCCCCCCc1ccc2c(n1)-c1nc(CCCCCCCCCCCC)ccc1C(=O)C2=O. The summed E-state index contributed by atoms with van der Waals surface area (Å²) >= 11 is 0. The van der Waals surface area contributed by atoms with Gasteiger partial charge in [0, 0.05) is 11.4 Å². The Labute approximate surface area is 244 Å². The average molecular weight is 547 g/mol. The van der Waals surface area contributed by atoms with Crippen molar-refractivity contribution in [3.63, 3.8) is 0 Å². The maximum Gasteiger partial charge on any atom is 0.235 e. The number of fused-ring (bicyclic) bond motifs is 3. The molecule has 1 aliphatic carbocycles. The molecule has 0 bridgehead atoms. The third kappa shape index (κ3) is 10.6. The number of hydrogen-bond acceptors (Lipinski definition) is 4. The molecule has 0 saturated carbocycles. The van der Waals surface area contributed by atoms with E-state index in [1.807, 2.05) is 12.1 Å². The highest BCUT2D eigenvalue weighted by atomic mass is 16.2. The molecule has 220 valence electrons. The Kier molecular flexibility index (Phi) is 15.2. The number of carbonyl (C=O) groups is 2. The van der Waals surface area contributed by atoms with Gasteiger partial charge in [0.1, 0.15) is 11.4 Å². The fourth-order valence-electron chi connectivity index (χ4n) is 5.84. The van der Waals surface area contributed by atoms with Gasteiger partial charge < -0.3 is 0 Å². The Morgan fingerprint density at radius 3 is 1.05 bits per heavy atom. The summed E-state index contributed by atoms with van der Waals surface area (Å²) in [5.41, 5.74) is 4.02. The average Bonchev–Trinajstić information content (AvgIpc) is 2.97. The van der Waals surface area contributed by atoms with E-state index in [2.05, 4.69) is 13.8 Å². The fraction of sp³-hybridized carbons (Fsp3) is 0.667. The summed E-state index contributed by atoms with van der Waals surface area (Å²) in [6.07, 6.45) is 27.9. The molecule has 0 N–H and O–H groups in total. The normalized spacial score (nSPS) is 12.6. The highest BCUT2D eigenvalue weighted by Crippen LogP contribution is 2.31. The minimum absolute atomic E-state index is 0.410. The van der Waals surface area contributed by atoms with Gasteiger partial charge in [0.15, 0.2) is 0 Å². The predicted octanol–water partition coefficient (Wildman–Crippen LogP) is 10.4. The van der Waals surface area contributed by atoms with E-state index in [-0.39, 0.29) is 0 Å². The topological polar surface area (TPSA) is 59.9 Å². The number of unbranched alkanes of at least 4 members (excludes halogenated alkanes) is 18. The summed E-state index contributed by atoms with van der Waals surface area (Å²) in [6.45, 7) is 4.53. The first-order valence-corrected chi connectivity index (χ1v) is 16.7. The highest BCUT2D eigenvalue weighted by Gasteiger charge is 2.32. The lowest BCUT2D eigenvalue weighted by Gasteiger charge is -2.18. The Hall–Kier alpha value is -2.36. The van der Waals surface area contributed by atoms with Gasteiger partial charge in [-0.15, -0.1) is 0 Å². The highest BCUT2D eigenvalue weighted by molar-refractivity contribution is 6.52. The number of ketones is 2. The van der Waals surface area contributed by atoms with Crippen molar-refractivity contribution < 1.29 is 9.59 Å². The molecular formula is C36H54N2O2. The molecule has 0 atom stereocenters. The van der Waals surface area contributed by atoms with E-state index in [1.165, 1.54) is 116 Å². The molecule has 0 radical (unpaired) electrons. The molecule has 0 spiro atoms. The number of rotatable bonds is 22. The molecule has 3 rings (SSSR count). The van der Waals surface area contributed by atoms with Gasteiger partial charge in [-0.05, 0) is 49.9 Å². The lowest BCUT2D eigenvalue weighted by molar-refractivity contribution is 0.0814. The van der Waals surface area contributed by atoms with Crippen molar-refractivity contribution in [1.82, 2.24) is 9.97 Å². The van der Waals surface area contributed by atoms with E-state index < -0.39 is 11.6 Å². The third-order valence-corrected chi connectivity index (χ3v) is 8.40. The van der Waals surface area contributed by atoms with Crippen molar-refractivity contribution in [2.24, 2.45) is 0 Å². The van der Waals surface area contributed by atoms with Crippen LogP contribution in [0, 0.1) is 0 Å². The van der Waals surface area contributed by atoms with E-state index in [1.54, 1.807) is 12.1 Å². The van der Waals surface area contributed by atoms with Crippen LogP contribution in [0.25, 0.3) is 11.4 Å². The first-order chi connectivity index (χ1) is 19.7. The van der Waals surface area contributed by atoms with Gasteiger partial charge in [-0.3, -0.25) is 19.6 Å². The molecule has 0 fully saturated rings. The minimum atomic E-state index is -0.454. The second kappa shape index (κ2) is 18.9. The molecule has 2 heterocycles. The zero-order valence-electron chi connectivity index (χ0n) is 25.6. The Morgan fingerprint density at radius 2 is 0.725 bits per heavy atom. The molecule has 4 nitrogen and oxygen atoms in total. The molecule has 0 saturated heterocycles. The number of Topliss-reactive ketones (excluding diaryl/α,β-unsaturated/α-hetero) is 2. The number of aryl methyl sites for hydroxylation is 2. The Bertz CT molecular complexity index is 962. The first kappa shape index (κ1) is 32.2. The molecular weight excluding hydrogens is 492 g/mol. The number of aromatic nitrogens is 2. The molecule has 2 aromatic rings. The van der Waals surface area contributed by atoms with Crippen molar-refractivity contribution in [1.29, 1.82) is 0 Å². The van der Waals surface area contributed by atoms with Crippen LogP contribution in [-0.2, 0) is 12.8 Å². The summed E-state index contributed by atoms with van der Waals surface area (Å²) in [7, 11) is 0. The molecule has 2 aromatic heterocycles. The summed E-state index contributed by atoms with van der Waals surface area (Å²) in [6, 6.07) is 7.45. The van der Waals surface area contributed by atoms with Crippen LogP contribution in [0.1, 0.15) is 174 Å². The maximum absolute atomic E-state index is 12.8. The first-order valence-electron chi connectivity index (χ1n) is 16.7. The number of hydrogen-bond donors (Lipinski definition) is 0. The lowest BCUT2D eigenvalue weighted by atomic mass is 9.89.